The lowest BCUT2D eigenvalue weighted by Gasteiger charge is -2.11. The van der Waals surface area contributed by atoms with Crippen LogP contribution in [0.25, 0.3) is 22.8 Å². The summed E-state index contributed by atoms with van der Waals surface area (Å²) in [5.74, 6) is 2.53. The van der Waals surface area contributed by atoms with Crippen molar-refractivity contribution in [3.63, 3.8) is 0 Å². The van der Waals surface area contributed by atoms with Crippen molar-refractivity contribution in [2.24, 2.45) is 0 Å². The molecule has 0 aliphatic heterocycles. The van der Waals surface area contributed by atoms with Crippen molar-refractivity contribution in [3.8, 4) is 11.5 Å². The number of aromatic nitrogens is 8. The van der Waals surface area contributed by atoms with Crippen LogP contribution in [-0.4, -0.2) is 38.3 Å². The van der Waals surface area contributed by atoms with Crippen molar-refractivity contribution in [3.05, 3.63) is 115 Å². The maximum Gasteiger partial charge on any atom is 0.233 e. The molecule has 0 fully saturated rings. The lowest BCUT2D eigenvalue weighted by Crippen LogP contribution is -2.08. The van der Waals surface area contributed by atoms with Crippen molar-refractivity contribution in [2.45, 2.75) is 6.54 Å². The van der Waals surface area contributed by atoms with E-state index in [0.717, 1.165) is 17.0 Å². The molecular weight excluding hydrogens is 476 g/mol. The minimum atomic E-state index is 0.372. The van der Waals surface area contributed by atoms with Crippen LogP contribution < -0.4 is 10.6 Å². The molecule has 0 amide bonds. The number of hydrogen-bond donors (Lipinski definition) is 2. The van der Waals surface area contributed by atoms with Gasteiger partial charge in [-0.2, -0.15) is 15.0 Å². The molecule has 0 radical (unpaired) electrons. The Balaban J connectivity index is 1.27. The van der Waals surface area contributed by atoms with Crippen molar-refractivity contribution in [2.75, 3.05) is 10.6 Å². The van der Waals surface area contributed by atoms with E-state index in [0.29, 0.717) is 35.9 Å². The largest absolute Gasteiger partial charge is 0.341 e. The second-order valence-electron chi connectivity index (χ2n) is 8.75. The lowest BCUT2D eigenvalue weighted by molar-refractivity contribution is 0.806. The SMILES string of the molecule is c1ccc(Cn2cccc2-c2nc(Nc3cn4ccccc4n3)nc(Nc3cn4ccccc4n3)n2)cc1. The van der Waals surface area contributed by atoms with Crippen LogP contribution >= 0.6 is 0 Å². The molecule has 0 aliphatic carbocycles. The van der Waals surface area contributed by atoms with Crippen LogP contribution in [0.15, 0.2) is 110 Å². The Hall–Kier alpha value is -5.51. The van der Waals surface area contributed by atoms with Gasteiger partial charge in [0, 0.05) is 25.1 Å². The van der Waals surface area contributed by atoms with Crippen LogP contribution in [0.1, 0.15) is 5.56 Å². The first-order valence-electron chi connectivity index (χ1n) is 12.1. The fourth-order valence-electron chi connectivity index (χ4n) is 4.36. The van der Waals surface area contributed by atoms with Gasteiger partial charge in [0.15, 0.2) is 17.5 Å². The van der Waals surface area contributed by atoms with Crippen molar-refractivity contribution in [1.82, 2.24) is 38.3 Å². The van der Waals surface area contributed by atoms with Gasteiger partial charge in [-0.3, -0.25) is 0 Å². The summed E-state index contributed by atoms with van der Waals surface area (Å²) in [5.41, 5.74) is 3.70. The predicted octanol–water partition coefficient (Wildman–Crippen LogP) is 5.17. The van der Waals surface area contributed by atoms with E-state index in [4.69, 9.17) is 9.97 Å². The molecule has 10 heteroatoms. The molecule has 2 N–H and O–H groups in total. The van der Waals surface area contributed by atoms with Gasteiger partial charge in [0.1, 0.15) is 11.3 Å². The molecule has 0 spiro atoms. The van der Waals surface area contributed by atoms with Gasteiger partial charge in [-0.1, -0.05) is 42.5 Å². The first kappa shape index (κ1) is 21.7. The molecule has 1 aromatic carbocycles. The first-order valence-corrected chi connectivity index (χ1v) is 12.1. The summed E-state index contributed by atoms with van der Waals surface area (Å²) < 4.78 is 5.99. The fourth-order valence-corrected chi connectivity index (χ4v) is 4.36. The average Bonchev–Trinajstić information content (AvgIpc) is 3.66. The van der Waals surface area contributed by atoms with Crippen LogP contribution in [0.5, 0.6) is 0 Å². The highest BCUT2D eigenvalue weighted by molar-refractivity contribution is 5.62. The molecule has 0 saturated carbocycles. The Morgan fingerprint density at radius 2 is 1.16 bits per heavy atom. The van der Waals surface area contributed by atoms with E-state index in [1.165, 1.54) is 5.56 Å². The summed E-state index contributed by atoms with van der Waals surface area (Å²) in [7, 11) is 0. The van der Waals surface area contributed by atoms with Crippen molar-refractivity contribution >= 4 is 34.8 Å². The minimum absolute atomic E-state index is 0.372. The van der Waals surface area contributed by atoms with Crippen molar-refractivity contribution < 1.29 is 0 Å². The molecule has 7 aromatic rings. The van der Waals surface area contributed by atoms with E-state index in [-0.39, 0.29) is 0 Å². The van der Waals surface area contributed by atoms with Crippen LogP contribution in [-0.2, 0) is 6.54 Å². The third kappa shape index (κ3) is 4.30. The lowest BCUT2D eigenvalue weighted by atomic mass is 10.2. The Morgan fingerprint density at radius 1 is 0.553 bits per heavy atom. The highest BCUT2D eigenvalue weighted by Crippen LogP contribution is 2.23. The van der Waals surface area contributed by atoms with E-state index in [9.17, 15) is 0 Å². The number of hydrogen-bond acceptors (Lipinski definition) is 7. The van der Waals surface area contributed by atoms with Gasteiger partial charge in [-0.05, 0) is 42.0 Å². The van der Waals surface area contributed by atoms with E-state index in [2.05, 4.69) is 42.3 Å². The number of imidazole rings is 2. The van der Waals surface area contributed by atoms with Gasteiger partial charge in [-0.25, -0.2) is 9.97 Å². The molecule has 0 unspecified atom stereocenters. The summed E-state index contributed by atoms with van der Waals surface area (Å²) in [6.07, 6.45) is 9.70. The Labute approximate surface area is 217 Å². The maximum absolute atomic E-state index is 4.76. The molecule has 0 atom stereocenters. The summed E-state index contributed by atoms with van der Waals surface area (Å²) in [6.45, 7) is 0.694. The molecule has 6 aromatic heterocycles. The summed E-state index contributed by atoms with van der Waals surface area (Å²) in [4.78, 5) is 23.4. The number of nitrogens with zero attached hydrogens (tertiary/aromatic N) is 8. The normalized spacial score (nSPS) is 11.3. The number of fused-ring (bicyclic) bond motifs is 2. The summed E-state index contributed by atoms with van der Waals surface area (Å²) in [5, 5.41) is 6.50. The first-order chi connectivity index (χ1) is 18.8. The third-order valence-corrected chi connectivity index (χ3v) is 6.10. The molecule has 184 valence electrons. The third-order valence-electron chi connectivity index (χ3n) is 6.10. The Morgan fingerprint density at radius 3 is 1.76 bits per heavy atom. The topological polar surface area (TPSA) is 102 Å². The van der Waals surface area contributed by atoms with Crippen molar-refractivity contribution in [1.29, 1.82) is 0 Å². The average molecular weight is 499 g/mol. The van der Waals surface area contributed by atoms with Gasteiger partial charge < -0.3 is 24.0 Å². The zero-order valence-electron chi connectivity index (χ0n) is 20.2. The van der Waals surface area contributed by atoms with Crippen LogP contribution in [0.4, 0.5) is 23.5 Å². The molecule has 6 heterocycles. The molecule has 10 nitrogen and oxygen atoms in total. The molecule has 0 aliphatic rings. The highest BCUT2D eigenvalue weighted by atomic mass is 15.3. The predicted molar refractivity (Wildman–Crippen MR) is 146 cm³/mol. The van der Waals surface area contributed by atoms with Crippen LogP contribution in [0, 0.1) is 0 Å². The van der Waals surface area contributed by atoms with E-state index in [1.54, 1.807) is 0 Å². The number of benzene rings is 1. The molecule has 0 saturated heterocycles. The maximum atomic E-state index is 4.76. The number of rotatable bonds is 7. The van der Waals surface area contributed by atoms with Gasteiger partial charge in [0.05, 0.1) is 18.1 Å². The Bertz CT molecular complexity index is 1710. The van der Waals surface area contributed by atoms with Gasteiger partial charge >= 0.3 is 0 Å². The number of nitrogens with one attached hydrogen (secondary N) is 2. The van der Waals surface area contributed by atoms with Gasteiger partial charge in [0.2, 0.25) is 11.9 Å². The van der Waals surface area contributed by atoms with Crippen LogP contribution in [0.2, 0.25) is 0 Å². The second kappa shape index (κ2) is 9.17. The minimum Gasteiger partial charge on any atom is -0.341 e. The molecule has 0 bridgehead atoms. The second-order valence-corrected chi connectivity index (χ2v) is 8.75. The standard InChI is InChI=1S/C28H22N10/c1-2-9-20(10-3-1)17-36-16-8-11-21(36)26-33-27(31-22-18-37-14-6-4-12-24(37)29-22)35-28(34-26)32-23-19-38-15-7-5-13-25(38)30-23/h1-16,18-19H,17H2,(H2,31,32,33,34,35). The summed E-state index contributed by atoms with van der Waals surface area (Å²) in [6, 6.07) is 26.0. The zero-order chi connectivity index (χ0) is 25.3. The highest BCUT2D eigenvalue weighted by Gasteiger charge is 2.15. The molecular formula is C28H22N10. The number of anilines is 4. The van der Waals surface area contributed by atoms with Crippen LogP contribution in [0.3, 0.4) is 0 Å². The molecule has 38 heavy (non-hydrogen) atoms. The smallest absolute Gasteiger partial charge is 0.233 e. The van der Waals surface area contributed by atoms with E-state index < -0.39 is 0 Å². The summed E-state index contributed by atoms with van der Waals surface area (Å²) >= 11 is 0. The van der Waals surface area contributed by atoms with Gasteiger partial charge in [0.25, 0.3) is 0 Å². The quantitative estimate of drug-likeness (QED) is 0.313. The number of pyridine rings is 2. The fraction of sp³-hybridized carbons (Fsp3) is 0.0357. The van der Waals surface area contributed by atoms with Gasteiger partial charge in [-0.15, -0.1) is 0 Å². The van der Waals surface area contributed by atoms with E-state index in [1.807, 2.05) is 107 Å². The monoisotopic (exact) mass is 498 g/mol. The molecule has 7 rings (SSSR count). The Kier molecular flexibility index (Phi) is 5.25. The van der Waals surface area contributed by atoms with E-state index >= 15 is 0 Å². The zero-order valence-corrected chi connectivity index (χ0v) is 20.2.